The van der Waals surface area contributed by atoms with Gasteiger partial charge in [-0.2, -0.15) is 0 Å². The van der Waals surface area contributed by atoms with Crippen LogP contribution in [0.1, 0.15) is 32.1 Å². The number of hydrogen-bond acceptors (Lipinski definition) is 3. The molecular formula is C20H22N2O2. The molecule has 2 aromatic carbocycles. The summed E-state index contributed by atoms with van der Waals surface area (Å²) in [4.78, 5) is 29.3. The molecule has 124 valence electrons. The third-order valence-corrected chi connectivity index (χ3v) is 5.21. The number of carbonyl (C=O) groups excluding carboxylic acids is 2. The Bertz CT molecular complexity index is 773. The van der Waals surface area contributed by atoms with E-state index in [9.17, 15) is 9.59 Å². The first-order valence-electron chi connectivity index (χ1n) is 8.84. The second kappa shape index (κ2) is 6.36. The van der Waals surface area contributed by atoms with Crippen LogP contribution in [0.2, 0.25) is 0 Å². The van der Waals surface area contributed by atoms with Crippen LogP contribution in [0.25, 0.3) is 10.8 Å². The van der Waals surface area contributed by atoms with Crippen LogP contribution < -0.4 is 4.90 Å². The number of hydrogen-bond donors (Lipinski definition) is 0. The number of imide groups is 1. The van der Waals surface area contributed by atoms with Crippen molar-refractivity contribution in [3.63, 3.8) is 0 Å². The molecule has 2 saturated heterocycles. The summed E-state index contributed by atoms with van der Waals surface area (Å²) in [6.07, 6.45) is 4.98. The number of anilines is 1. The minimum absolute atomic E-state index is 0.0572. The molecule has 0 N–H and O–H groups in total. The topological polar surface area (TPSA) is 40.6 Å². The van der Waals surface area contributed by atoms with Crippen molar-refractivity contribution in [2.24, 2.45) is 0 Å². The van der Waals surface area contributed by atoms with Gasteiger partial charge >= 0.3 is 0 Å². The molecule has 24 heavy (non-hydrogen) atoms. The number of fused-ring (bicyclic) bond motifs is 1. The molecule has 4 heteroatoms. The van der Waals surface area contributed by atoms with Gasteiger partial charge in [0.25, 0.3) is 5.91 Å². The lowest BCUT2D eigenvalue weighted by atomic mass is 10.1. The Balaban J connectivity index is 1.68. The highest BCUT2D eigenvalue weighted by molar-refractivity contribution is 6.25. The van der Waals surface area contributed by atoms with Crippen molar-refractivity contribution in [2.45, 2.75) is 38.1 Å². The minimum atomic E-state index is -0.283. The average molecular weight is 322 g/mol. The third kappa shape index (κ3) is 2.61. The average Bonchev–Trinajstić information content (AvgIpc) is 2.80. The molecule has 2 aliphatic rings. The molecule has 0 radical (unpaired) electrons. The number of likely N-dealkylation sites (tertiary alicyclic amines) is 1. The van der Waals surface area contributed by atoms with Crippen molar-refractivity contribution in [1.82, 2.24) is 4.90 Å². The van der Waals surface area contributed by atoms with Crippen LogP contribution in [0.4, 0.5) is 5.69 Å². The smallest absolute Gasteiger partial charge is 0.251 e. The Morgan fingerprint density at radius 1 is 0.833 bits per heavy atom. The second-order valence-electron chi connectivity index (χ2n) is 6.74. The Labute approximate surface area is 142 Å². The van der Waals surface area contributed by atoms with E-state index in [4.69, 9.17) is 0 Å². The fourth-order valence-corrected chi connectivity index (χ4v) is 3.96. The fourth-order valence-electron chi connectivity index (χ4n) is 3.96. The normalized spacial score (nSPS) is 23.0. The number of benzene rings is 2. The summed E-state index contributed by atoms with van der Waals surface area (Å²) < 4.78 is 0. The van der Waals surface area contributed by atoms with E-state index in [1.165, 1.54) is 17.7 Å². The number of carbonyl (C=O) groups is 2. The molecular weight excluding hydrogens is 300 g/mol. The second-order valence-corrected chi connectivity index (χ2v) is 6.74. The van der Waals surface area contributed by atoms with Gasteiger partial charge in [0.15, 0.2) is 0 Å². The molecule has 2 aromatic rings. The van der Waals surface area contributed by atoms with Crippen molar-refractivity contribution >= 4 is 28.3 Å². The molecule has 0 aliphatic carbocycles. The summed E-state index contributed by atoms with van der Waals surface area (Å²) >= 11 is 0. The van der Waals surface area contributed by atoms with E-state index < -0.39 is 0 Å². The maximum atomic E-state index is 13.0. The molecule has 1 unspecified atom stereocenters. The van der Waals surface area contributed by atoms with Gasteiger partial charge in [-0.25, -0.2) is 4.90 Å². The molecule has 4 nitrogen and oxygen atoms in total. The van der Waals surface area contributed by atoms with Gasteiger partial charge in [-0.1, -0.05) is 49.2 Å². The number of amides is 2. The van der Waals surface area contributed by atoms with Gasteiger partial charge in [0, 0.05) is 5.39 Å². The first-order valence-corrected chi connectivity index (χ1v) is 8.84. The van der Waals surface area contributed by atoms with Gasteiger partial charge < -0.3 is 0 Å². The molecule has 2 amide bonds. The molecule has 2 aliphatic heterocycles. The van der Waals surface area contributed by atoms with Gasteiger partial charge in [-0.3, -0.25) is 14.5 Å². The molecule has 0 aromatic heterocycles. The van der Waals surface area contributed by atoms with Crippen LogP contribution >= 0.6 is 0 Å². The Kier molecular flexibility index (Phi) is 4.07. The van der Waals surface area contributed by atoms with Crippen LogP contribution in [-0.4, -0.2) is 35.8 Å². The lowest BCUT2D eigenvalue weighted by Gasteiger charge is -2.25. The van der Waals surface area contributed by atoms with Gasteiger partial charge in [0.1, 0.15) is 0 Å². The quantitative estimate of drug-likeness (QED) is 0.796. The van der Waals surface area contributed by atoms with E-state index in [1.54, 1.807) is 0 Å². The molecule has 0 bridgehead atoms. The zero-order valence-corrected chi connectivity index (χ0v) is 13.8. The van der Waals surface area contributed by atoms with Crippen LogP contribution in [0.3, 0.4) is 0 Å². The highest BCUT2D eigenvalue weighted by atomic mass is 16.2. The fraction of sp³-hybridized carbons (Fsp3) is 0.400. The van der Waals surface area contributed by atoms with E-state index in [0.717, 1.165) is 42.4 Å². The minimum Gasteiger partial charge on any atom is -0.292 e. The van der Waals surface area contributed by atoms with E-state index >= 15 is 0 Å². The maximum absolute atomic E-state index is 13.0. The predicted octanol–water partition coefficient (Wildman–Crippen LogP) is 3.35. The van der Waals surface area contributed by atoms with Crippen molar-refractivity contribution < 1.29 is 9.59 Å². The van der Waals surface area contributed by atoms with E-state index in [1.807, 2.05) is 42.5 Å². The van der Waals surface area contributed by atoms with Gasteiger partial charge in [0.2, 0.25) is 5.91 Å². The monoisotopic (exact) mass is 322 g/mol. The van der Waals surface area contributed by atoms with E-state index in [0.29, 0.717) is 6.42 Å². The van der Waals surface area contributed by atoms with E-state index in [2.05, 4.69) is 4.90 Å². The maximum Gasteiger partial charge on any atom is 0.251 e. The van der Waals surface area contributed by atoms with Crippen molar-refractivity contribution in [3.05, 3.63) is 42.5 Å². The Morgan fingerprint density at radius 3 is 2.33 bits per heavy atom. The molecule has 0 spiro atoms. The summed E-state index contributed by atoms with van der Waals surface area (Å²) in [5, 5.41) is 2.01. The molecule has 0 saturated carbocycles. The van der Waals surface area contributed by atoms with Crippen LogP contribution in [0, 0.1) is 0 Å². The van der Waals surface area contributed by atoms with Crippen LogP contribution in [-0.2, 0) is 9.59 Å². The third-order valence-electron chi connectivity index (χ3n) is 5.21. The Morgan fingerprint density at radius 2 is 1.54 bits per heavy atom. The first-order chi connectivity index (χ1) is 11.8. The number of nitrogens with zero attached hydrogens (tertiary/aromatic N) is 2. The summed E-state index contributed by atoms with van der Waals surface area (Å²) in [6, 6.07) is 13.4. The zero-order chi connectivity index (χ0) is 16.5. The molecule has 2 fully saturated rings. The lowest BCUT2D eigenvalue weighted by molar-refractivity contribution is -0.122. The van der Waals surface area contributed by atoms with Crippen molar-refractivity contribution in [2.75, 3.05) is 18.0 Å². The molecule has 4 rings (SSSR count). The highest BCUT2D eigenvalue weighted by Gasteiger charge is 2.43. The van der Waals surface area contributed by atoms with Crippen LogP contribution in [0.15, 0.2) is 42.5 Å². The van der Waals surface area contributed by atoms with Crippen LogP contribution in [0.5, 0.6) is 0 Å². The molecule has 1 atom stereocenters. The Hall–Kier alpha value is -2.20. The largest absolute Gasteiger partial charge is 0.292 e. The van der Waals surface area contributed by atoms with Crippen molar-refractivity contribution in [1.29, 1.82) is 0 Å². The zero-order valence-electron chi connectivity index (χ0n) is 13.8. The highest BCUT2D eigenvalue weighted by Crippen LogP contribution is 2.32. The summed E-state index contributed by atoms with van der Waals surface area (Å²) in [5.41, 5.74) is 0.723. The summed E-state index contributed by atoms with van der Waals surface area (Å²) in [6.45, 7) is 1.85. The van der Waals surface area contributed by atoms with Gasteiger partial charge in [0.05, 0.1) is 18.2 Å². The predicted molar refractivity (Wildman–Crippen MR) is 94.9 cm³/mol. The number of rotatable bonds is 2. The van der Waals surface area contributed by atoms with E-state index in [-0.39, 0.29) is 17.9 Å². The van der Waals surface area contributed by atoms with Gasteiger partial charge in [-0.15, -0.1) is 0 Å². The standard InChI is InChI=1S/C20H22N2O2/c23-19-14-18(21-12-5-1-2-6-13-21)20(24)22(19)17-11-7-9-15-8-3-4-10-16(15)17/h3-4,7-11,18H,1-2,5-6,12-14H2. The lowest BCUT2D eigenvalue weighted by Crippen LogP contribution is -2.42. The summed E-state index contributed by atoms with van der Waals surface area (Å²) in [7, 11) is 0. The summed E-state index contributed by atoms with van der Waals surface area (Å²) in [5.74, 6) is -0.135. The molecule has 2 heterocycles. The first kappa shape index (κ1) is 15.3. The van der Waals surface area contributed by atoms with Crippen molar-refractivity contribution in [3.8, 4) is 0 Å². The van der Waals surface area contributed by atoms with Gasteiger partial charge in [-0.05, 0) is 37.4 Å². The SMILES string of the molecule is O=C1CC(N2CCCCCC2)C(=O)N1c1cccc2ccccc12.